The molecule has 5 nitrogen and oxygen atoms in total. The van der Waals surface area contributed by atoms with Gasteiger partial charge >= 0.3 is 0 Å². The zero-order valence-corrected chi connectivity index (χ0v) is 12.7. The van der Waals surface area contributed by atoms with Crippen molar-refractivity contribution in [3.8, 4) is 5.69 Å². The van der Waals surface area contributed by atoms with E-state index in [4.69, 9.17) is 0 Å². The van der Waals surface area contributed by atoms with Crippen molar-refractivity contribution in [3.63, 3.8) is 0 Å². The molecule has 1 aromatic heterocycles. The van der Waals surface area contributed by atoms with Crippen LogP contribution in [-0.2, 0) is 13.0 Å². The average molecular weight is 298 g/mol. The second-order valence-electron chi connectivity index (χ2n) is 5.74. The van der Waals surface area contributed by atoms with Crippen molar-refractivity contribution in [2.24, 2.45) is 0 Å². The van der Waals surface area contributed by atoms with E-state index in [9.17, 15) is 5.11 Å². The SMILES string of the molecule is C=CCCC(O)CN1CCc2c(nnn2-c2ccccc2)C1. The Bertz CT molecular complexity index is 623. The van der Waals surface area contributed by atoms with Crippen LogP contribution < -0.4 is 0 Å². The van der Waals surface area contributed by atoms with E-state index in [1.807, 2.05) is 41.1 Å². The van der Waals surface area contributed by atoms with Crippen molar-refractivity contribution >= 4 is 0 Å². The number of nitrogens with zero attached hydrogens (tertiary/aromatic N) is 4. The van der Waals surface area contributed by atoms with E-state index in [1.165, 1.54) is 5.69 Å². The molecule has 2 aromatic rings. The lowest BCUT2D eigenvalue weighted by molar-refractivity contribution is 0.0983. The average Bonchev–Trinajstić information content (AvgIpc) is 2.97. The van der Waals surface area contributed by atoms with Crippen LogP contribution in [0.4, 0.5) is 0 Å². The number of benzene rings is 1. The molecular weight excluding hydrogens is 276 g/mol. The summed E-state index contributed by atoms with van der Waals surface area (Å²) in [5, 5.41) is 18.7. The number of rotatable bonds is 6. The van der Waals surface area contributed by atoms with Gasteiger partial charge in [-0.05, 0) is 25.0 Å². The topological polar surface area (TPSA) is 54.2 Å². The van der Waals surface area contributed by atoms with Crippen molar-refractivity contribution in [2.45, 2.75) is 31.9 Å². The highest BCUT2D eigenvalue weighted by Gasteiger charge is 2.23. The molecule has 0 saturated carbocycles. The maximum absolute atomic E-state index is 10.0. The van der Waals surface area contributed by atoms with E-state index in [2.05, 4.69) is 21.8 Å². The third-order valence-corrected chi connectivity index (χ3v) is 4.06. The monoisotopic (exact) mass is 298 g/mol. The number of allylic oxidation sites excluding steroid dienone is 1. The third kappa shape index (κ3) is 3.26. The van der Waals surface area contributed by atoms with Gasteiger partial charge in [-0.15, -0.1) is 11.7 Å². The number of para-hydroxylation sites is 1. The van der Waals surface area contributed by atoms with Crippen LogP contribution in [0.3, 0.4) is 0 Å². The van der Waals surface area contributed by atoms with Gasteiger partial charge in [0.15, 0.2) is 0 Å². The van der Waals surface area contributed by atoms with E-state index in [0.717, 1.165) is 43.7 Å². The van der Waals surface area contributed by atoms with Gasteiger partial charge in [0.25, 0.3) is 0 Å². The van der Waals surface area contributed by atoms with E-state index in [0.29, 0.717) is 6.54 Å². The highest BCUT2D eigenvalue weighted by molar-refractivity contribution is 5.33. The number of aliphatic hydroxyl groups is 1. The van der Waals surface area contributed by atoms with Gasteiger partial charge in [0.1, 0.15) is 5.69 Å². The van der Waals surface area contributed by atoms with Crippen LogP contribution in [-0.4, -0.2) is 44.2 Å². The van der Waals surface area contributed by atoms with Gasteiger partial charge in [-0.3, -0.25) is 4.90 Å². The Kier molecular flexibility index (Phi) is 4.65. The molecule has 3 rings (SSSR count). The van der Waals surface area contributed by atoms with Crippen LogP contribution in [0, 0.1) is 0 Å². The minimum Gasteiger partial charge on any atom is -0.392 e. The van der Waals surface area contributed by atoms with Crippen molar-refractivity contribution in [3.05, 3.63) is 54.4 Å². The van der Waals surface area contributed by atoms with Crippen molar-refractivity contribution < 1.29 is 5.11 Å². The molecule has 1 aliphatic heterocycles. The predicted octanol–water partition coefficient (Wildman–Crippen LogP) is 1.95. The number of hydrogen-bond acceptors (Lipinski definition) is 4. The van der Waals surface area contributed by atoms with Crippen LogP contribution in [0.2, 0.25) is 0 Å². The van der Waals surface area contributed by atoms with Crippen LogP contribution in [0.25, 0.3) is 5.69 Å². The number of hydrogen-bond donors (Lipinski definition) is 1. The normalized spacial score (nSPS) is 16.2. The molecule has 22 heavy (non-hydrogen) atoms. The van der Waals surface area contributed by atoms with Crippen molar-refractivity contribution in [1.82, 2.24) is 19.9 Å². The fourth-order valence-corrected chi connectivity index (χ4v) is 2.89. The minimum atomic E-state index is -0.302. The van der Waals surface area contributed by atoms with Gasteiger partial charge < -0.3 is 5.11 Å². The first-order chi connectivity index (χ1) is 10.8. The third-order valence-electron chi connectivity index (χ3n) is 4.06. The molecule has 0 aliphatic carbocycles. The molecule has 116 valence electrons. The molecule has 0 fully saturated rings. The molecule has 1 aromatic carbocycles. The Morgan fingerprint density at radius 2 is 2.14 bits per heavy atom. The Balaban J connectivity index is 1.68. The first kappa shape index (κ1) is 14.9. The number of β-amino-alcohol motifs (C(OH)–C–C–N with tert-alkyl or cyclic N) is 1. The van der Waals surface area contributed by atoms with Gasteiger partial charge in [-0.2, -0.15) is 0 Å². The quantitative estimate of drug-likeness (QED) is 0.828. The van der Waals surface area contributed by atoms with Crippen molar-refractivity contribution in [2.75, 3.05) is 13.1 Å². The largest absolute Gasteiger partial charge is 0.392 e. The van der Waals surface area contributed by atoms with Gasteiger partial charge in [-0.1, -0.05) is 29.5 Å². The highest BCUT2D eigenvalue weighted by Crippen LogP contribution is 2.20. The molecule has 1 aliphatic rings. The summed E-state index contributed by atoms with van der Waals surface area (Å²) in [6.45, 7) is 6.07. The molecule has 0 amide bonds. The van der Waals surface area contributed by atoms with Crippen LogP contribution in [0.5, 0.6) is 0 Å². The summed E-state index contributed by atoms with van der Waals surface area (Å²) in [5.41, 5.74) is 3.25. The number of aliphatic hydroxyl groups excluding tert-OH is 1. The lowest BCUT2D eigenvalue weighted by Gasteiger charge is -2.28. The predicted molar refractivity (Wildman–Crippen MR) is 85.8 cm³/mol. The van der Waals surface area contributed by atoms with E-state index in [-0.39, 0.29) is 6.10 Å². The molecule has 1 N–H and O–H groups in total. The molecule has 5 heteroatoms. The summed E-state index contributed by atoms with van der Waals surface area (Å²) in [6.07, 6.45) is 4.08. The van der Waals surface area contributed by atoms with Crippen molar-refractivity contribution in [1.29, 1.82) is 0 Å². The first-order valence-corrected chi connectivity index (χ1v) is 7.78. The van der Waals surface area contributed by atoms with E-state index in [1.54, 1.807) is 0 Å². The standard InChI is InChI=1S/C17H22N4O/c1-2-3-9-15(22)12-20-11-10-17-16(13-20)18-19-21(17)14-7-5-4-6-8-14/h2,4-8,15,22H,1,3,9-13H2. The molecule has 2 heterocycles. The number of fused-ring (bicyclic) bond motifs is 1. The second-order valence-corrected chi connectivity index (χ2v) is 5.74. The molecule has 1 unspecified atom stereocenters. The first-order valence-electron chi connectivity index (χ1n) is 7.78. The smallest absolute Gasteiger partial charge is 0.100 e. The van der Waals surface area contributed by atoms with Crippen LogP contribution in [0.15, 0.2) is 43.0 Å². The molecule has 0 saturated heterocycles. The second kappa shape index (κ2) is 6.85. The Hall–Kier alpha value is -1.98. The summed E-state index contributed by atoms with van der Waals surface area (Å²) in [5.74, 6) is 0. The van der Waals surface area contributed by atoms with Gasteiger partial charge in [-0.25, -0.2) is 4.68 Å². The van der Waals surface area contributed by atoms with E-state index < -0.39 is 0 Å². The van der Waals surface area contributed by atoms with Gasteiger partial charge in [0, 0.05) is 26.1 Å². The maximum Gasteiger partial charge on any atom is 0.100 e. The van der Waals surface area contributed by atoms with Crippen LogP contribution >= 0.6 is 0 Å². The summed E-state index contributed by atoms with van der Waals surface area (Å²) >= 11 is 0. The Morgan fingerprint density at radius 1 is 1.32 bits per heavy atom. The molecule has 0 radical (unpaired) electrons. The van der Waals surface area contributed by atoms with Gasteiger partial charge in [0.2, 0.25) is 0 Å². The Morgan fingerprint density at radius 3 is 2.91 bits per heavy atom. The fraction of sp³-hybridized carbons (Fsp3) is 0.412. The number of aromatic nitrogens is 3. The maximum atomic E-state index is 10.0. The highest BCUT2D eigenvalue weighted by atomic mass is 16.3. The molecular formula is C17H22N4O. The molecule has 1 atom stereocenters. The minimum absolute atomic E-state index is 0.302. The summed E-state index contributed by atoms with van der Waals surface area (Å²) < 4.78 is 1.93. The van der Waals surface area contributed by atoms with Crippen LogP contribution in [0.1, 0.15) is 24.2 Å². The molecule has 0 spiro atoms. The lowest BCUT2D eigenvalue weighted by Crippen LogP contribution is -2.37. The molecule has 0 bridgehead atoms. The Labute approximate surface area is 130 Å². The summed E-state index contributed by atoms with van der Waals surface area (Å²) in [7, 11) is 0. The fourth-order valence-electron chi connectivity index (χ4n) is 2.89. The van der Waals surface area contributed by atoms with Gasteiger partial charge in [0.05, 0.1) is 17.5 Å². The summed E-state index contributed by atoms with van der Waals surface area (Å²) in [6, 6.07) is 10.1. The zero-order chi connectivity index (χ0) is 15.4. The zero-order valence-electron chi connectivity index (χ0n) is 12.7. The lowest BCUT2D eigenvalue weighted by atomic mass is 10.1. The van der Waals surface area contributed by atoms with E-state index >= 15 is 0 Å². The summed E-state index contributed by atoms with van der Waals surface area (Å²) in [4.78, 5) is 2.25.